The highest BCUT2D eigenvalue weighted by Gasteiger charge is 2.20. The van der Waals surface area contributed by atoms with Crippen LogP contribution in [0.15, 0.2) is 231 Å². The molecule has 0 saturated carbocycles. The maximum Gasteiger partial charge on any atom is 0.0561 e. The van der Waals surface area contributed by atoms with Gasteiger partial charge in [0, 0.05) is 33.4 Å². The highest BCUT2D eigenvalue weighted by atomic mass is 15.1. The number of aromatic nitrogens is 1. The Morgan fingerprint density at radius 2 is 0.793 bits per heavy atom. The Morgan fingerprint density at radius 1 is 0.293 bits per heavy atom. The largest absolute Gasteiger partial charge is 0.310 e. The van der Waals surface area contributed by atoms with E-state index in [0.717, 1.165) is 22.7 Å². The normalized spacial score (nSPS) is 11.4. The summed E-state index contributed by atoms with van der Waals surface area (Å²) in [5, 5.41) is 7.34. The molecule has 0 fully saturated rings. The molecule has 0 unspecified atom stereocenters. The molecule has 0 bridgehead atoms. The first kappa shape index (κ1) is 33.6. The average Bonchev–Trinajstić information content (AvgIpc) is 3.63. The molecule has 11 aromatic rings. The Labute approximate surface area is 338 Å². The van der Waals surface area contributed by atoms with Crippen LogP contribution in [0.2, 0.25) is 0 Å². The van der Waals surface area contributed by atoms with E-state index in [1.54, 1.807) is 0 Å². The zero-order chi connectivity index (χ0) is 38.4. The zero-order valence-electron chi connectivity index (χ0n) is 31.8. The van der Waals surface area contributed by atoms with Gasteiger partial charge in [0.2, 0.25) is 0 Å². The van der Waals surface area contributed by atoms with Gasteiger partial charge in [0.1, 0.15) is 0 Å². The topological polar surface area (TPSA) is 8.17 Å². The summed E-state index contributed by atoms with van der Waals surface area (Å²) in [6.07, 6.45) is 0. The van der Waals surface area contributed by atoms with E-state index in [1.807, 2.05) is 0 Å². The third kappa shape index (κ3) is 5.91. The lowest BCUT2D eigenvalue weighted by Gasteiger charge is -2.28. The minimum absolute atomic E-state index is 1.09. The molecule has 0 atom stereocenters. The van der Waals surface area contributed by atoms with Crippen LogP contribution in [0.3, 0.4) is 0 Å². The molecule has 0 saturated heterocycles. The lowest BCUT2D eigenvalue weighted by Crippen LogP contribution is -2.11. The molecule has 10 aromatic carbocycles. The van der Waals surface area contributed by atoms with Crippen LogP contribution in [0.5, 0.6) is 0 Å². The van der Waals surface area contributed by atoms with Crippen LogP contribution in [-0.4, -0.2) is 4.57 Å². The molecule has 0 aliphatic heterocycles. The van der Waals surface area contributed by atoms with E-state index in [-0.39, 0.29) is 0 Å². The van der Waals surface area contributed by atoms with Gasteiger partial charge in [-0.1, -0.05) is 164 Å². The first-order valence-electron chi connectivity index (χ1n) is 19.9. The fraction of sp³-hybridized carbons (Fsp3) is 0. The highest BCUT2D eigenvalue weighted by Crippen LogP contribution is 2.44. The van der Waals surface area contributed by atoms with E-state index in [9.17, 15) is 0 Å². The zero-order valence-corrected chi connectivity index (χ0v) is 31.8. The molecule has 2 heteroatoms. The fourth-order valence-electron chi connectivity index (χ4n) is 8.70. The van der Waals surface area contributed by atoms with Gasteiger partial charge >= 0.3 is 0 Å². The lowest BCUT2D eigenvalue weighted by atomic mass is 9.96. The summed E-state index contributed by atoms with van der Waals surface area (Å²) in [6, 6.07) is 83.8. The average molecular weight is 739 g/mol. The van der Waals surface area contributed by atoms with Crippen molar-refractivity contribution in [3.63, 3.8) is 0 Å². The summed E-state index contributed by atoms with van der Waals surface area (Å²) in [5.74, 6) is 0. The molecule has 0 spiro atoms. The first-order chi connectivity index (χ1) is 28.7. The number of hydrogen-bond acceptors (Lipinski definition) is 1. The summed E-state index contributed by atoms with van der Waals surface area (Å²) < 4.78 is 2.40. The molecule has 11 rings (SSSR count). The van der Waals surface area contributed by atoms with E-state index in [0.29, 0.717) is 0 Å². The van der Waals surface area contributed by atoms with Crippen molar-refractivity contribution in [3.8, 4) is 39.1 Å². The number of benzene rings is 10. The number of nitrogens with zero attached hydrogens (tertiary/aromatic N) is 2. The second-order valence-electron chi connectivity index (χ2n) is 15.0. The first-order valence-corrected chi connectivity index (χ1v) is 19.9. The Bertz CT molecular complexity index is 3270. The Hall–Kier alpha value is -7.68. The van der Waals surface area contributed by atoms with Crippen molar-refractivity contribution in [2.24, 2.45) is 0 Å². The van der Waals surface area contributed by atoms with Crippen molar-refractivity contribution in [3.05, 3.63) is 231 Å². The van der Waals surface area contributed by atoms with Crippen LogP contribution in [0, 0.1) is 0 Å². The van der Waals surface area contributed by atoms with Gasteiger partial charge in [0.25, 0.3) is 0 Å². The smallest absolute Gasteiger partial charge is 0.0561 e. The quantitative estimate of drug-likeness (QED) is 0.158. The molecule has 0 radical (unpaired) electrons. The van der Waals surface area contributed by atoms with Crippen LogP contribution in [0.4, 0.5) is 17.1 Å². The van der Waals surface area contributed by atoms with Crippen LogP contribution < -0.4 is 4.90 Å². The fourth-order valence-corrected chi connectivity index (χ4v) is 8.70. The predicted octanol–water partition coefficient (Wildman–Crippen LogP) is 15.6. The van der Waals surface area contributed by atoms with E-state index in [4.69, 9.17) is 0 Å². The number of fused-ring (bicyclic) bond motifs is 5. The van der Waals surface area contributed by atoms with Gasteiger partial charge in [0.05, 0.1) is 16.7 Å². The van der Waals surface area contributed by atoms with Gasteiger partial charge in [-0.15, -0.1) is 0 Å². The molecular formula is C56H38N2. The molecule has 2 nitrogen and oxygen atoms in total. The standard InChI is InChI=1S/C56H38N2/c1-4-14-39(15-5-1)43-27-24-40-25-28-44(35-46(40)34-43)45-29-26-41-30-31-49(37-47(41)36-45)57(54-22-12-10-20-51(54)42-16-6-2-7-17-42)50-32-33-53-52-21-11-13-23-55(52)58(56(53)38-50)48-18-8-3-9-19-48/h1-38H. The molecule has 1 aromatic heterocycles. The van der Waals surface area contributed by atoms with E-state index in [1.165, 1.54) is 76.7 Å². The number of rotatable bonds is 7. The van der Waals surface area contributed by atoms with Crippen molar-refractivity contribution in [1.29, 1.82) is 0 Å². The summed E-state index contributed by atoms with van der Waals surface area (Å²) in [4.78, 5) is 2.43. The van der Waals surface area contributed by atoms with Gasteiger partial charge in [-0.25, -0.2) is 0 Å². The monoisotopic (exact) mass is 738 g/mol. The van der Waals surface area contributed by atoms with Gasteiger partial charge in [-0.3, -0.25) is 0 Å². The summed E-state index contributed by atoms with van der Waals surface area (Å²) in [6.45, 7) is 0. The molecule has 0 amide bonds. The van der Waals surface area contributed by atoms with Gasteiger partial charge in [-0.2, -0.15) is 0 Å². The molecule has 0 aliphatic rings. The molecule has 272 valence electrons. The number of anilines is 3. The van der Waals surface area contributed by atoms with Gasteiger partial charge < -0.3 is 9.47 Å². The Kier molecular flexibility index (Phi) is 8.19. The Balaban J connectivity index is 1.09. The van der Waals surface area contributed by atoms with Crippen molar-refractivity contribution >= 4 is 60.4 Å². The molecule has 0 N–H and O–H groups in total. The van der Waals surface area contributed by atoms with Crippen molar-refractivity contribution in [1.82, 2.24) is 4.57 Å². The van der Waals surface area contributed by atoms with Gasteiger partial charge in [0.15, 0.2) is 0 Å². The maximum absolute atomic E-state index is 2.43. The van der Waals surface area contributed by atoms with Crippen LogP contribution in [0.25, 0.3) is 82.4 Å². The highest BCUT2D eigenvalue weighted by molar-refractivity contribution is 6.10. The number of para-hydroxylation sites is 3. The molecule has 1 heterocycles. The van der Waals surface area contributed by atoms with E-state index in [2.05, 4.69) is 240 Å². The number of hydrogen-bond donors (Lipinski definition) is 0. The Morgan fingerprint density at radius 3 is 1.50 bits per heavy atom. The SMILES string of the molecule is c1ccc(-c2ccc3ccc(-c4ccc5ccc(N(c6ccc7c8ccccc8n(-c8ccccc8)c7c6)c6ccccc6-c6ccccc6)cc5c4)cc3c2)cc1. The third-order valence-electron chi connectivity index (χ3n) is 11.5. The lowest BCUT2D eigenvalue weighted by molar-refractivity contribution is 1.18. The minimum atomic E-state index is 1.09. The van der Waals surface area contributed by atoms with Crippen LogP contribution >= 0.6 is 0 Å². The van der Waals surface area contributed by atoms with Crippen molar-refractivity contribution in [2.45, 2.75) is 0 Å². The van der Waals surface area contributed by atoms with Crippen LogP contribution in [-0.2, 0) is 0 Å². The summed E-state index contributed by atoms with van der Waals surface area (Å²) >= 11 is 0. The maximum atomic E-state index is 2.43. The summed E-state index contributed by atoms with van der Waals surface area (Å²) in [7, 11) is 0. The van der Waals surface area contributed by atoms with Crippen LogP contribution in [0.1, 0.15) is 0 Å². The summed E-state index contributed by atoms with van der Waals surface area (Å²) in [5.41, 5.74) is 14.0. The van der Waals surface area contributed by atoms with Crippen molar-refractivity contribution in [2.75, 3.05) is 4.90 Å². The molecule has 58 heavy (non-hydrogen) atoms. The molecular weight excluding hydrogens is 701 g/mol. The predicted molar refractivity (Wildman–Crippen MR) is 247 cm³/mol. The molecule has 0 aliphatic carbocycles. The second-order valence-corrected chi connectivity index (χ2v) is 15.0. The van der Waals surface area contributed by atoms with E-state index < -0.39 is 0 Å². The van der Waals surface area contributed by atoms with E-state index >= 15 is 0 Å². The second kappa shape index (κ2) is 14.1. The van der Waals surface area contributed by atoms with Gasteiger partial charge in [-0.05, 0) is 116 Å². The van der Waals surface area contributed by atoms with Crippen molar-refractivity contribution < 1.29 is 0 Å². The third-order valence-corrected chi connectivity index (χ3v) is 11.5. The minimum Gasteiger partial charge on any atom is -0.310 e.